The van der Waals surface area contributed by atoms with Gasteiger partial charge >= 0.3 is 12.0 Å². The Balaban J connectivity index is 2.10. The van der Waals surface area contributed by atoms with Gasteiger partial charge in [0.15, 0.2) is 6.04 Å². The maximum atomic E-state index is 12.4. The number of aliphatic carboxylic acids is 1. The molecule has 2 rings (SSSR count). The van der Waals surface area contributed by atoms with Crippen molar-refractivity contribution in [3.8, 4) is 0 Å². The molecule has 1 fully saturated rings. The first-order valence-electron chi connectivity index (χ1n) is 7.06. The molecule has 6 nitrogen and oxygen atoms in total. The molecule has 6 heteroatoms. The number of carbonyl (C=O) groups excluding carboxylic acids is 1. The molecule has 1 aliphatic rings. The summed E-state index contributed by atoms with van der Waals surface area (Å²) in [6, 6.07) is 7.27. The third-order valence-corrected chi connectivity index (χ3v) is 3.61. The van der Waals surface area contributed by atoms with Crippen molar-refractivity contribution in [2.75, 3.05) is 19.8 Å². The standard InChI is InChI=1S/C15H20N2O4/c1-2-12-10-21-9-8-17(12)15(20)16-13(14(18)19)11-6-4-3-5-7-11/h3-7,12-13H,2,8-10H2,1H3,(H,16,20)(H,18,19)/t12?,13-/m0/s1. The van der Waals surface area contributed by atoms with Gasteiger partial charge in [-0.15, -0.1) is 0 Å². The van der Waals surface area contributed by atoms with Gasteiger partial charge < -0.3 is 20.1 Å². The van der Waals surface area contributed by atoms with E-state index in [0.29, 0.717) is 25.3 Å². The van der Waals surface area contributed by atoms with Crippen LogP contribution in [0.3, 0.4) is 0 Å². The van der Waals surface area contributed by atoms with Crippen LogP contribution in [0.25, 0.3) is 0 Å². The van der Waals surface area contributed by atoms with Gasteiger partial charge in [-0.05, 0) is 12.0 Å². The first-order valence-corrected chi connectivity index (χ1v) is 7.06. The molecule has 0 bridgehead atoms. The zero-order valence-corrected chi connectivity index (χ0v) is 12.0. The average molecular weight is 292 g/mol. The van der Waals surface area contributed by atoms with Gasteiger partial charge in [0.1, 0.15) is 0 Å². The van der Waals surface area contributed by atoms with Crippen LogP contribution in [0.2, 0.25) is 0 Å². The normalized spacial score (nSPS) is 19.9. The molecule has 2 N–H and O–H groups in total. The van der Waals surface area contributed by atoms with E-state index in [-0.39, 0.29) is 12.1 Å². The minimum Gasteiger partial charge on any atom is -0.479 e. The number of morpholine rings is 1. The van der Waals surface area contributed by atoms with Gasteiger partial charge in [-0.2, -0.15) is 0 Å². The average Bonchev–Trinajstić information content (AvgIpc) is 2.52. The van der Waals surface area contributed by atoms with Gasteiger partial charge in [-0.3, -0.25) is 0 Å². The summed E-state index contributed by atoms with van der Waals surface area (Å²) in [4.78, 5) is 25.4. The number of hydrogen-bond acceptors (Lipinski definition) is 3. The zero-order chi connectivity index (χ0) is 15.2. The topological polar surface area (TPSA) is 78.9 Å². The molecule has 1 heterocycles. The molecule has 2 amide bonds. The van der Waals surface area contributed by atoms with Gasteiger partial charge in [0, 0.05) is 6.54 Å². The van der Waals surface area contributed by atoms with Crippen LogP contribution in [0.4, 0.5) is 4.79 Å². The van der Waals surface area contributed by atoms with Crippen LogP contribution in [0.1, 0.15) is 24.9 Å². The van der Waals surface area contributed by atoms with E-state index in [9.17, 15) is 14.7 Å². The fourth-order valence-electron chi connectivity index (χ4n) is 2.40. The van der Waals surface area contributed by atoms with Crippen molar-refractivity contribution in [3.63, 3.8) is 0 Å². The SMILES string of the molecule is CCC1COCCN1C(=O)N[C@H](C(=O)O)c1ccccc1. The van der Waals surface area contributed by atoms with Crippen molar-refractivity contribution in [1.29, 1.82) is 0 Å². The fraction of sp³-hybridized carbons (Fsp3) is 0.467. The number of ether oxygens (including phenoxy) is 1. The van der Waals surface area contributed by atoms with E-state index >= 15 is 0 Å². The molecular weight excluding hydrogens is 272 g/mol. The largest absolute Gasteiger partial charge is 0.479 e. The van der Waals surface area contributed by atoms with E-state index in [1.165, 1.54) is 0 Å². The maximum Gasteiger partial charge on any atom is 0.330 e. The van der Waals surface area contributed by atoms with E-state index in [0.717, 1.165) is 6.42 Å². The van der Waals surface area contributed by atoms with Crippen molar-refractivity contribution < 1.29 is 19.4 Å². The molecule has 1 unspecified atom stereocenters. The number of urea groups is 1. The number of carboxylic acids is 1. The number of carbonyl (C=O) groups is 2. The molecule has 21 heavy (non-hydrogen) atoms. The highest BCUT2D eigenvalue weighted by molar-refractivity contribution is 5.83. The van der Waals surface area contributed by atoms with E-state index in [1.54, 1.807) is 35.2 Å². The Morgan fingerprint density at radius 2 is 2.14 bits per heavy atom. The second kappa shape index (κ2) is 7.08. The molecular formula is C15H20N2O4. The first-order chi connectivity index (χ1) is 10.1. The Kier molecular flexibility index (Phi) is 5.16. The lowest BCUT2D eigenvalue weighted by Gasteiger charge is -2.35. The number of carboxylic acid groups (broad SMARTS) is 1. The van der Waals surface area contributed by atoms with Crippen LogP contribution in [0, 0.1) is 0 Å². The summed E-state index contributed by atoms with van der Waals surface area (Å²) in [5, 5.41) is 11.9. The van der Waals surface area contributed by atoms with E-state index in [1.807, 2.05) is 6.92 Å². The lowest BCUT2D eigenvalue weighted by atomic mass is 10.1. The van der Waals surface area contributed by atoms with Crippen molar-refractivity contribution in [1.82, 2.24) is 10.2 Å². The number of hydrogen-bond donors (Lipinski definition) is 2. The van der Waals surface area contributed by atoms with Gasteiger partial charge in [0.05, 0.1) is 19.3 Å². The predicted octanol–water partition coefficient (Wildman–Crippen LogP) is 1.63. The number of rotatable bonds is 4. The summed E-state index contributed by atoms with van der Waals surface area (Å²) in [6.07, 6.45) is 0.774. The second-order valence-electron chi connectivity index (χ2n) is 4.96. The quantitative estimate of drug-likeness (QED) is 0.884. The number of nitrogens with zero attached hydrogens (tertiary/aromatic N) is 1. The van der Waals surface area contributed by atoms with E-state index < -0.39 is 12.0 Å². The van der Waals surface area contributed by atoms with Crippen LogP contribution >= 0.6 is 0 Å². The van der Waals surface area contributed by atoms with Crippen molar-refractivity contribution >= 4 is 12.0 Å². The molecule has 1 aromatic rings. The van der Waals surface area contributed by atoms with E-state index in [4.69, 9.17) is 4.74 Å². The Morgan fingerprint density at radius 3 is 2.76 bits per heavy atom. The van der Waals surface area contributed by atoms with Crippen LogP contribution in [0.15, 0.2) is 30.3 Å². The lowest BCUT2D eigenvalue weighted by molar-refractivity contribution is -0.139. The Hall–Kier alpha value is -2.08. The van der Waals surface area contributed by atoms with Gasteiger partial charge in [0.2, 0.25) is 0 Å². The molecule has 114 valence electrons. The Morgan fingerprint density at radius 1 is 1.43 bits per heavy atom. The number of benzene rings is 1. The van der Waals surface area contributed by atoms with Gasteiger partial charge in [-0.25, -0.2) is 9.59 Å². The highest BCUT2D eigenvalue weighted by Gasteiger charge is 2.29. The fourth-order valence-corrected chi connectivity index (χ4v) is 2.40. The highest BCUT2D eigenvalue weighted by atomic mass is 16.5. The number of nitrogens with one attached hydrogen (secondary N) is 1. The molecule has 2 atom stereocenters. The van der Waals surface area contributed by atoms with Crippen molar-refractivity contribution in [3.05, 3.63) is 35.9 Å². The molecule has 0 spiro atoms. The van der Waals surface area contributed by atoms with Crippen LogP contribution < -0.4 is 5.32 Å². The minimum atomic E-state index is -1.07. The summed E-state index contributed by atoms with van der Waals surface area (Å²) in [5.74, 6) is -1.07. The van der Waals surface area contributed by atoms with Crippen LogP contribution in [0.5, 0.6) is 0 Å². The smallest absolute Gasteiger partial charge is 0.330 e. The minimum absolute atomic E-state index is 0.0102. The van der Waals surface area contributed by atoms with Crippen molar-refractivity contribution in [2.24, 2.45) is 0 Å². The lowest BCUT2D eigenvalue weighted by Crippen LogP contribution is -2.53. The van der Waals surface area contributed by atoms with Crippen LogP contribution in [-0.2, 0) is 9.53 Å². The summed E-state index contributed by atoms with van der Waals surface area (Å²) >= 11 is 0. The highest BCUT2D eigenvalue weighted by Crippen LogP contribution is 2.16. The molecule has 1 aliphatic heterocycles. The monoisotopic (exact) mass is 292 g/mol. The molecule has 0 aromatic heterocycles. The van der Waals surface area contributed by atoms with Gasteiger partial charge in [0.25, 0.3) is 0 Å². The summed E-state index contributed by atoms with van der Waals surface area (Å²) in [5.41, 5.74) is 0.555. The molecule has 1 saturated heterocycles. The third kappa shape index (κ3) is 3.72. The first kappa shape index (κ1) is 15.3. The third-order valence-electron chi connectivity index (χ3n) is 3.61. The summed E-state index contributed by atoms with van der Waals surface area (Å²) < 4.78 is 5.35. The summed E-state index contributed by atoms with van der Waals surface area (Å²) in [6.45, 7) is 3.43. The summed E-state index contributed by atoms with van der Waals surface area (Å²) in [7, 11) is 0. The molecule has 0 saturated carbocycles. The second-order valence-corrected chi connectivity index (χ2v) is 4.96. The van der Waals surface area contributed by atoms with Crippen molar-refractivity contribution in [2.45, 2.75) is 25.4 Å². The molecule has 0 radical (unpaired) electrons. The van der Waals surface area contributed by atoms with E-state index in [2.05, 4.69) is 5.32 Å². The maximum absolute atomic E-state index is 12.4. The zero-order valence-electron chi connectivity index (χ0n) is 12.0. The van der Waals surface area contributed by atoms with Gasteiger partial charge in [-0.1, -0.05) is 37.3 Å². The number of amides is 2. The predicted molar refractivity (Wildman–Crippen MR) is 77.0 cm³/mol. The Bertz CT molecular complexity index is 492. The molecule has 0 aliphatic carbocycles. The van der Waals surface area contributed by atoms with Crippen LogP contribution in [-0.4, -0.2) is 47.8 Å². The Labute approximate surface area is 123 Å². The molecule has 1 aromatic carbocycles.